The Morgan fingerprint density at radius 3 is 2.55 bits per heavy atom. The number of aromatic hydroxyl groups is 1. The average molecular weight is 272 g/mol. The summed E-state index contributed by atoms with van der Waals surface area (Å²) in [7, 11) is 0. The van der Waals surface area contributed by atoms with Gasteiger partial charge in [-0.3, -0.25) is 0 Å². The summed E-state index contributed by atoms with van der Waals surface area (Å²) in [6.45, 7) is 4.11. The molecule has 1 aromatic carbocycles. The Bertz CT molecular complexity index is 555. The van der Waals surface area contributed by atoms with Crippen LogP contribution >= 0.6 is 0 Å². The third-order valence-electron chi connectivity index (χ3n) is 2.51. The molecule has 5 nitrogen and oxygen atoms in total. The molecule has 0 saturated heterocycles. The van der Waals surface area contributed by atoms with Gasteiger partial charge in [-0.2, -0.15) is 0 Å². The van der Waals surface area contributed by atoms with Crippen molar-refractivity contribution >= 4 is 5.70 Å². The number of nitrogens with one attached hydrogen (secondary N) is 1. The molecule has 0 saturated carbocycles. The van der Waals surface area contributed by atoms with Crippen molar-refractivity contribution in [1.82, 2.24) is 5.32 Å². The summed E-state index contributed by atoms with van der Waals surface area (Å²) in [5, 5.41) is 12.8. The van der Waals surface area contributed by atoms with Crippen molar-refractivity contribution in [3.05, 3.63) is 72.2 Å². The maximum Gasteiger partial charge on any atom is 0.124 e. The van der Waals surface area contributed by atoms with Crippen LogP contribution in [0.15, 0.2) is 66.7 Å². The summed E-state index contributed by atoms with van der Waals surface area (Å²) in [6, 6.07) is 6.78. The second-order valence-corrected chi connectivity index (χ2v) is 4.03. The van der Waals surface area contributed by atoms with Gasteiger partial charge in [0.25, 0.3) is 0 Å². The van der Waals surface area contributed by atoms with Crippen LogP contribution in [0.5, 0.6) is 5.75 Å². The molecule has 0 heterocycles. The van der Waals surface area contributed by atoms with Crippen LogP contribution in [0.3, 0.4) is 0 Å². The first kappa shape index (κ1) is 15.2. The quantitative estimate of drug-likeness (QED) is 0.498. The summed E-state index contributed by atoms with van der Waals surface area (Å²) in [6.07, 6.45) is 6.92. The smallest absolute Gasteiger partial charge is 0.124 e. The topological polar surface area (TPSA) is 110 Å². The molecule has 20 heavy (non-hydrogen) atoms. The molecule has 0 unspecified atom stereocenters. The summed E-state index contributed by atoms with van der Waals surface area (Å²) in [5.41, 5.74) is 18.5. The zero-order chi connectivity index (χ0) is 15.0. The number of hydrogen-bond acceptors (Lipinski definition) is 5. The molecule has 1 aromatic rings. The predicted octanol–water partition coefficient (Wildman–Crippen LogP) is 1.11. The summed E-state index contributed by atoms with van der Waals surface area (Å²) in [4.78, 5) is 0. The molecule has 0 bridgehead atoms. The van der Waals surface area contributed by atoms with Crippen LogP contribution in [0, 0.1) is 0 Å². The van der Waals surface area contributed by atoms with Gasteiger partial charge in [0.2, 0.25) is 0 Å². The van der Waals surface area contributed by atoms with Gasteiger partial charge in [0.1, 0.15) is 11.6 Å². The molecular formula is C15H20N4O. The fourth-order valence-corrected chi connectivity index (χ4v) is 1.52. The first-order valence-corrected chi connectivity index (χ1v) is 6.08. The summed E-state index contributed by atoms with van der Waals surface area (Å²) < 4.78 is 0. The highest BCUT2D eigenvalue weighted by Gasteiger charge is 2.04. The Labute approximate surface area is 118 Å². The highest BCUT2D eigenvalue weighted by molar-refractivity contribution is 5.69. The molecule has 8 N–H and O–H groups in total. The number of allylic oxidation sites excluding steroid dienone is 3. The first-order chi connectivity index (χ1) is 9.56. The van der Waals surface area contributed by atoms with E-state index in [-0.39, 0.29) is 11.6 Å². The van der Waals surface area contributed by atoms with E-state index in [4.69, 9.17) is 17.2 Å². The molecule has 0 spiro atoms. The molecule has 0 aromatic heterocycles. The molecule has 0 radical (unpaired) electrons. The number of para-hydroxylation sites is 1. The van der Waals surface area contributed by atoms with Gasteiger partial charge in [0, 0.05) is 17.8 Å². The molecule has 0 aliphatic rings. The molecule has 0 fully saturated rings. The van der Waals surface area contributed by atoms with E-state index < -0.39 is 0 Å². The Morgan fingerprint density at radius 1 is 1.25 bits per heavy atom. The van der Waals surface area contributed by atoms with Gasteiger partial charge >= 0.3 is 0 Å². The fraction of sp³-hybridized carbons (Fsp3) is 0.0667. The third kappa shape index (κ3) is 4.45. The van der Waals surface area contributed by atoms with Crippen molar-refractivity contribution in [3.63, 3.8) is 0 Å². The Hall–Kier alpha value is -2.82. The predicted molar refractivity (Wildman–Crippen MR) is 83.0 cm³/mol. The van der Waals surface area contributed by atoms with E-state index in [2.05, 4.69) is 11.9 Å². The molecule has 1 rings (SSSR count). The van der Waals surface area contributed by atoms with Crippen LogP contribution in [0.4, 0.5) is 0 Å². The van der Waals surface area contributed by atoms with E-state index in [1.165, 1.54) is 0 Å². The van der Waals surface area contributed by atoms with Gasteiger partial charge in [0.05, 0.1) is 5.70 Å². The van der Waals surface area contributed by atoms with Gasteiger partial charge in [-0.15, -0.1) is 0 Å². The molecule has 0 aliphatic heterocycles. The Balaban J connectivity index is 2.92. The Morgan fingerprint density at radius 2 is 1.95 bits per heavy atom. The lowest BCUT2D eigenvalue weighted by Crippen LogP contribution is -2.22. The summed E-state index contributed by atoms with van der Waals surface area (Å²) in [5.74, 6) is 0.220. The highest BCUT2D eigenvalue weighted by Crippen LogP contribution is 2.21. The molecule has 0 amide bonds. The SMILES string of the molecule is C=CC=CCNC(/C=C(\N)c1ccccc1O)=C(N)N. The van der Waals surface area contributed by atoms with Crippen molar-refractivity contribution in [2.45, 2.75) is 0 Å². The highest BCUT2D eigenvalue weighted by atomic mass is 16.3. The van der Waals surface area contributed by atoms with Crippen LogP contribution in [0.1, 0.15) is 5.56 Å². The maximum absolute atomic E-state index is 9.74. The second kappa shape index (κ2) is 7.58. The van der Waals surface area contributed by atoms with E-state index in [1.54, 1.807) is 42.5 Å². The van der Waals surface area contributed by atoms with E-state index >= 15 is 0 Å². The zero-order valence-corrected chi connectivity index (χ0v) is 11.2. The minimum Gasteiger partial charge on any atom is -0.507 e. The summed E-state index contributed by atoms with van der Waals surface area (Å²) >= 11 is 0. The van der Waals surface area contributed by atoms with E-state index in [0.29, 0.717) is 23.5 Å². The van der Waals surface area contributed by atoms with E-state index in [9.17, 15) is 5.11 Å². The van der Waals surface area contributed by atoms with Gasteiger partial charge in [-0.1, -0.05) is 36.9 Å². The zero-order valence-electron chi connectivity index (χ0n) is 11.2. The van der Waals surface area contributed by atoms with Crippen molar-refractivity contribution in [1.29, 1.82) is 0 Å². The second-order valence-electron chi connectivity index (χ2n) is 4.03. The van der Waals surface area contributed by atoms with Crippen molar-refractivity contribution in [3.8, 4) is 5.75 Å². The maximum atomic E-state index is 9.74. The molecule has 0 aliphatic carbocycles. The lowest BCUT2D eigenvalue weighted by atomic mass is 10.1. The molecular weight excluding hydrogens is 252 g/mol. The average Bonchev–Trinajstić information content (AvgIpc) is 2.42. The van der Waals surface area contributed by atoms with Crippen molar-refractivity contribution in [2.75, 3.05) is 6.54 Å². The van der Waals surface area contributed by atoms with E-state index in [1.807, 2.05) is 6.08 Å². The monoisotopic (exact) mass is 272 g/mol. The lowest BCUT2D eigenvalue weighted by molar-refractivity contribution is 0.473. The van der Waals surface area contributed by atoms with Crippen LogP contribution in [-0.2, 0) is 0 Å². The standard InChI is InChI=1S/C15H20N4O/c1-2-3-6-9-19-13(15(17)18)10-12(16)11-7-4-5-8-14(11)20/h2-8,10,19-20H,1,9,16-18H2/b6-3?,12-10-. The molecule has 0 atom stereocenters. The van der Waals surface area contributed by atoms with Gasteiger partial charge in [0.15, 0.2) is 0 Å². The van der Waals surface area contributed by atoms with Crippen LogP contribution in [0.2, 0.25) is 0 Å². The Kier molecular flexibility index (Phi) is 5.77. The van der Waals surface area contributed by atoms with Gasteiger partial charge < -0.3 is 27.6 Å². The van der Waals surface area contributed by atoms with Gasteiger partial charge in [-0.05, 0) is 18.2 Å². The minimum absolute atomic E-state index is 0.0998. The normalized spacial score (nSPS) is 11.3. The van der Waals surface area contributed by atoms with Crippen LogP contribution in [0.25, 0.3) is 5.70 Å². The molecule has 106 valence electrons. The van der Waals surface area contributed by atoms with Crippen LogP contribution in [-0.4, -0.2) is 11.7 Å². The first-order valence-electron chi connectivity index (χ1n) is 6.08. The third-order valence-corrected chi connectivity index (χ3v) is 2.51. The minimum atomic E-state index is 0.0998. The number of phenolic OH excluding ortho intramolecular Hbond substituents is 1. The van der Waals surface area contributed by atoms with E-state index in [0.717, 1.165) is 0 Å². The van der Waals surface area contributed by atoms with Crippen LogP contribution < -0.4 is 22.5 Å². The lowest BCUT2D eigenvalue weighted by Gasteiger charge is -2.09. The molecule has 5 heteroatoms. The van der Waals surface area contributed by atoms with Crippen molar-refractivity contribution in [2.24, 2.45) is 17.2 Å². The largest absolute Gasteiger partial charge is 0.507 e. The number of rotatable bonds is 6. The number of nitrogens with two attached hydrogens (primary N) is 3. The number of phenols is 1. The fourth-order valence-electron chi connectivity index (χ4n) is 1.52. The number of hydrogen-bond donors (Lipinski definition) is 5. The van der Waals surface area contributed by atoms with Gasteiger partial charge in [-0.25, -0.2) is 0 Å². The number of benzene rings is 1. The van der Waals surface area contributed by atoms with Crippen molar-refractivity contribution < 1.29 is 5.11 Å².